The van der Waals surface area contributed by atoms with Crippen LogP contribution in [-0.2, 0) is 20.9 Å². The van der Waals surface area contributed by atoms with E-state index in [2.05, 4.69) is 16.0 Å². The molecule has 0 saturated carbocycles. The summed E-state index contributed by atoms with van der Waals surface area (Å²) < 4.78 is 11.3. The molecule has 0 radical (unpaired) electrons. The molecule has 0 aliphatic carbocycles. The molecule has 1 amide bonds. The van der Waals surface area contributed by atoms with Gasteiger partial charge in [0.2, 0.25) is 0 Å². The van der Waals surface area contributed by atoms with E-state index in [0.29, 0.717) is 44.2 Å². The summed E-state index contributed by atoms with van der Waals surface area (Å²) in [5.41, 5.74) is 3.47. The summed E-state index contributed by atoms with van der Waals surface area (Å²) in [6.07, 6.45) is 3.25. The van der Waals surface area contributed by atoms with Gasteiger partial charge in [-0.15, -0.1) is 0 Å². The Balaban J connectivity index is 1.39. The minimum Gasteiger partial charge on any atom is -0.507 e. The number of aliphatic hydroxyl groups is 1. The fourth-order valence-corrected chi connectivity index (χ4v) is 4.91. The number of Topliss-reactive ketones (excluding diaryl/α,β-unsaturated/α-hetero) is 1. The Morgan fingerprint density at radius 1 is 1.03 bits per heavy atom. The van der Waals surface area contributed by atoms with Crippen LogP contribution in [0.2, 0.25) is 0 Å². The molecule has 8 nitrogen and oxygen atoms in total. The van der Waals surface area contributed by atoms with Crippen LogP contribution in [0.1, 0.15) is 28.3 Å². The highest BCUT2D eigenvalue weighted by Crippen LogP contribution is 2.39. The fourth-order valence-electron chi connectivity index (χ4n) is 4.91. The molecule has 196 valence electrons. The first-order valence-corrected chi connectivity index (χ1v) is 12.8. The van der Waals surface area contributed by atoms with Crippen molar-refractivity contribution in [2.45, 2.75) is 19.6 Å². The molecule has 3 heterocycles. The van der Waals surface area contributed by atoms with Crippen molar-refractivity contribution >= 4 is 17.4 Å². The Kier molecular flexibility index (Phi) is 7.81. The van der Waals surface area contributed by atoms with Gasteiger partial charge in [0.25, 0.3) is 11.7 Å². The van der Waals surface area contributed by atoms with Crippen LogP contribution < -0.4 is 4.74 Å². The van der Waals surface area contributed by atoms with Crippen molar-refractivity contribution in [1.29, 1.82) is 0 Å². The third-order valence-electron chi connectivity index (χ3n) is 6.94. The summed E-state index contributed by atoms with van der Waals surface area (Å²) in [5, 5.41) is 11.3. The van der Waals surface area contributed by atoms with Crippen molar-refractivity contribution in [3.8, 4) is 5.75 Å². The zero-order valence-electron chi connectivity index (χ0n) is 21.4. The number of amides is 1. The van der Waals surface area contributed by atoms with Crippen molar-refractivity contribution in [3.05, 3.63) is 101 Å². The number of aromatic nitrogens is 1. The molecule has 1 N–H and O–H groups in total. The van der Waals surface area contributed by atoms with Crippen molar-refractivity contribution < 1.29 is 24.2 Å². The van der Waals surface area contributed by atoms with E-state index < -0.39 is 17.7 Å². The number of morpholine rings is 1. The minimum atomic E-state index is -0.698. The van der Waals surface area contributed by atoms with E-state index in [-0.39, 0.29) is 11.3 Å². The number of aliphatic hydroxyl groups excluding tert-OH is 1. The molecule has 2 fully saturated rings. The van der Waals surface area contributed by atoms with Gasteiger partial charge in [0, 0.05) is 44.1 Å². The summed E-state index contributed by atoms with van der Waals surface area (Å²) in [6, 6.07) is 17.8. The van der Waals surface area contributed by atoms with E-state index in [9.17, 15) is 14.7 Å². The van der Waals surface area contributed by atoms with Crippen molar-refractivity contribution in [2.75, 3.05) is 39.4 Å². The third-order valence-corrected chi connectivity index (χ3v) is 6.94. The maximum absolute atomic E-state index is 13.2. The van der Waals surface area contributed by atoms with Gasteiger partial charge in [-0.1, -0.05) is 29.8 Å². The van der Waals surface area contributed by atoms with Crippen molar-refractivity contribution in [1.82, 2.24) is 14.8 Å². The monoisotopic (exact) mass is 513 g/mol. The van der Waals surface area contributed by atoms with Crippen molar-refractivity contribution in [2.24, 2.45) is 0 Å². The van der Waals surface area contributed by atoms with E-state index in [1.165, 1.54) is 0 Å². The number of carbonyl (C=O) groups is 2. The van der Waals surface area contributed by atoms with Crippen LogP contribution in [0.4, 0.5) is 0 Å². The first-order chi connectivity index (χ1) is 18.5. The molecule has 1 unspecified atom stereocenters. The Labute approximate surface area is 222 Å². The Morgan fingerprint density at radius 3 is 2.47 bits per heavy atom. The number of nitrogens with zero attached hydrogens (tertiary/aromatic N) is 3. The van der Waals surface area contributed by atoms with E-state index in [1.54, 1.807) is 53.7 Å². The van der Waals surface area contributed by atoms with Gasteiger partial charge in [-0.05, 0) is 54.4 Å². The summed E-state index contributed by atoms with van der Waals surface area (Å²) in [5.74, 6) is -0.866. The molecule has 0 spiro atoms. The summed E-state index contributed by atoms with van der Waals surface area (Å²) in [7, 11) is 0. The molecular weight excluding hydrogens is 482 g/mol. The van der Waals surface area contributed by atoms with Crippen LogP contribution in [0.5, 0.6) is 5.75 Å². The average Bonchev–Trinajstić information content (AvgIpc) is 3.21. The van der Waals surface area contributed by atoms with Crippen LogP contribution in [0.25, 0.3) is 5.76 Å². The molecule has 0 bridgehead atoms. The first kappa shape index (κ1) is 25.6. The van der Waals surface area contributed by atoms with Crippen LogP contribution in [0, 0.1) is 6.92 Å². The molecule has 1 aromatic heterocycles. The predicted molar refractivity (Wildman–Crippen MR) is 142 cm³/mol. The van der Waals surface area contributed by atoms with E-state index in [0.717, 1.165) is 29.8 Å². The number of carbonyl (C=O) groups excluding carboxylic acids is 2. The number of hydrogen-bond acceptors (Lipinski definition) is 7. The average molecular weight is 514 g/mol. The smallest absolute Gasteiger partial charge is 0.295 e. The lowest BCUT2D eigenvalue weighted by atomic mass is 9.96. The quantitative estimate of drug-likeness (QED) is 0.279. The third kappa shape index (κ3) is 5.61. The molecule has 3 aromatic rings. The molecule has 2 saturated heterocycles. The number of ketones is 1. The van der Waals surface area contributed by atoms with Gasteiger partial charge in [0.15, 0.2) is 0 Å². The SMILES string of the molecule is Cc1cccc(COc2ccc(C(O)=C3C(=O)C(=O)N(CCN4CCOCC4)C3c3ccncc3)cc2)c1. The number of pyridine rings is 1. The molecular formula is C30H31N3O5. The van der Waals surface area contributed by atoms with Crippen molar-refractivity contribution in [3.63, 3.8) is 0 Å². The number of hydrogen-bond donors (Lipinski definition) is 1. The minimum absolute atomic E-state index is 0.0802. The molecule has 5 rings (SSSR count). The largest absolute Gasteiger partial charge is 0.507 e. The summed E-state index contributed by atoms with van der Waals surface area (Å²) >= 11 is 0. The normalized spacial score (nSPS) is 19.6. The topological polar surface area (TPSA) is 92.2 Å². The van der Waals surface area contributed by atoms with Gasteiger partial charge in [-0.2, -0.15) is 0 Å². The fraction of sp³-hybridized carbons (Fsp3) is 0.300. The molecule has 2 aliphatic rings. The van der Waals surface area contributed by atoms with Gasteiger partial charge in [0.05, 0.1) is 24.8 Å². The molecule has 2 aromatic carbocycles. The van der Waals surface area contributed by atoms with Gasteiger partial charge >= 0.3 is 0 Å². The first-order valence-electron chi connectivity index (χ1n) is 12.8. The second-order valence-corrected chi connectivity index (χ2v) is 9.53. The van der Waals surface area contributed by atoms with Gasteiger partial charge < -0.3 is 19.5 Å². The van der Waals surface area contributed by atoms with Gasteiger partial charge in [-0.3, -0.25) is 19.5 Å². The number of aryl methyl sites for hydroxylation is 1. The van der Waals surface area contributed by atoms with Crippen LogP contribution in [0.15, 0.2) is 78.6 Å². The predicted octanol–water partition coefficient (Wildman–Crippen LogP) is 3.72. The molecule has 8 heteroatoms. The number of rotatable bonds is 8. The molecule has 2 aliphatic heterocycles. The van der Waals surface area contributed by atoms with Crippen LogP contribution in [0.3, 0.4) is 0 Å². The van der Waals surface area contributed by atoms with E-state index in [4.69, 9.17) is 9.47 Å². The zero-order valence-corrected chi connectivity index (χ0v) is 21.4. The van der Waals surface area contributed by atoms with Crippen LogP contribution in [-0.4, -0.2) is 71.0 Å². The lowest BCUT2D eigenvalue weighted by molar-refractivity contribution is -0.140. The Morgan fingerprint density at radius 2 is 1.76 bits per heavy atom. The summed E-state index contributed by atoms with van der Waals surface area (Å²) in [6.45, 7) is 6.29. The zero-order chi connectivity index (χ0) is 26.5. The number of ether oxygens (including phenoxy) is 2. The maximum atomic E-state index is 13.2. The standard InChI is InChI=1S/C30H31N3O5/c1-21-3-2-4-22(19-21)20-38-25-7-5-24(6-8-25)28(34)26-27(23-9-11-31-12-10-23)33(30(36)29(26)35)14-13-32-15-17-37-18-16-32/h2-12,19,27,34H,13-18,20H2,1H3. The lowest BCUT2D eigenvalue weighted by Crippen LogP contribution is -2.42. The van der Waals surface area contributed by atoms with Gasteiger partial charge in [0.1, 0.15) is 18.1 Å². The van der Waals surface area contributed by atoms with Gasteiger partial charge in [-0.25, -0.2) is 0 Å². The Bertz CT molecular complexity index is 1320. The number of likely N-dealkylation sites (tertiary alicyclic amines) is 1. The maximum Gasteiger partial charge on any atom is 0.295 e. The highest BCUT2D eigenvalue weighted by molar-refractivity contribution is 6.46. The molecule has 1 atom stereocenters. The summed E-state index contributed by atoms with van der Waals surface area (Å²) in [4.78, 5) is 34.2. The second-order valence-electron chi connectivity index (χ2n) is 9.53. The van der Waals surface area contributed by atoms with Crippen LogP contribution >= 0.6 is 0 Å². The highest BCUT2D eigenvalue weighted by atomic mass is 16.5. The molecule has 38 heavy (non-hydrogen) atoms. The number of benzene rings is 2. The lowest BCUT2D eigenvalue weighted by Gasteiger charge is -2.30. The Hall–Kier alpha value is -4.01. The second kappa shape index (κ2) is 11.6. The van der Waals surface area contributed by atoms with E-state index >= 15 is 0 Å². The highest BCUT2D eigenvalue weighted by Gasteiger charge is 2.46. The van der Waals surface area contributed by atoms with E-state index in [1.807, 2.05) is 25.1 Å².